The second-order valence-electron chi connectivity index (χ2n) is 9.31. The van der Waals surface area contributed by atoms with Crippen LogP contribution < -0.4 is 19.7 Å². The van der Waals surface area contributed by atoms with Crippen molar-refractivity contribution in [3.8, 4) is 11.5 Å². The lowest BCUT2D eigenvalue weighted by atomic mass is 10.0. The molecule has 1 N–H and O–H groups in total. The number of methoxy groups -OCH3 is 1. The number of carbonyl (C=O) groups excluding carboxylic acids is 1. The molecule has 1 saturated heterocycles. The van der Waals surface area contributed by atoms with Gasteiger partial charge in [0.2, 0.25) is 5.95 Å². The highest BCUT2D eigenvalue weighted by molar-refractivity contribution is 5.96. The van der Waals surface area contributed by atoms with Gasteiger partial charge in [-0.25, -0.2) is 14.4 Å². The molecule has 0 spiro atoms. The second-order valence-corrected chi connectivity index (χ2v) is 9.31. The Hall–Kier alpha value is -3.72. The van der Waals surface area contributed by atoms with E-state index in [0.29, 0.717) is 29.7 Å². The summed E-state index contributed by atoms with van der Waals surface area (Å²) in [4.78, 5) is 25.4. The van der Waals surface area contributed by atoms with E-state index >= 15 is 0 Å². The number of rotatable bonds is 10. The lowest BCUT2D eigenvalue weighted by Gasteiger charge is -2.36. The van der Waals surface area contributed by atoms with Crippen molar-refractivity contribution in [2.45, 2.75) is 38.8 Å². The van der Waals surface area contributed by atoms with Gasteiger partial charge in [-0.2, -0.15) is 0 Å². The van der Waals surface area contributed by atoms with Gasteiger partial charge in [0.25, 0.3) is 0 Å². The first kappa shape index (κ1) is 26.3. The molecule has 1 aliphatic heterocycles. The summed E-state index contributed by atoms with van der Waals surface area (Å²) in [5.41, 5.74) is 2.71. The molecule has 0 atom stereocenters. The minimum atomic E-state index is -0.556. The molecule has 0 radical (unpaired) electrons. The lowest BCUT2D eigenvalue weighted by Crippen LogP contribution is -2.41. The Bertz CT molecular complexity index is 1190. The largest absolute Gasteiger partial charge is 0.494 e. The minimum absolute atomic E-state index is 0.0118. The summed E-state index contributed by atoms with van der Waals surface area (Å²) < 4.78 is 25.4. The Morgan fingerprint density at radius 1 is 1.14 bits per heavy atom. The molecule has 8 nitrogen and oxygen atoms in total. The van der Waals surface area contributed by atoms with Crippen molar-refractivity contribution >= 4 is 23.1 Å². The van der Waals surface area contributed by atoms with Gasteiger partial charge in [0.05, 0.1) is 19.5 Å². The third kappa shape index (κ3) is 6.54. The van der Waals surface area contributed by atoms with Crippen LogP contribution in [0.2, 0.25) is 0 Å². The van der Waals surface area contributed by atoms with Gasteiger partial charge in [-0.05, 0) is 63.3 Å². The Kier molecular flexibility index (Phi) is 8.55. The number of aromatic nitrogens is 2. The van der Waals surface area contributed by atoms with Gasteiger partial charge < -0.3 is 24.6 Å². The van der Waals surface area contributed by atoms with Crippen LogP contribution in [0.3, 0.4) is 0 Å². The van der Waals surface area contributed by atoms with E-state index in [4.69, 9.17) is 9.47 Å². The molecule has 0 aliphatic carbocycles. The first-order chi connectivity index (χ1) is 17.9. The standard InChI is InChI=1S/C28H34FN5O3/c1-5-25(35)19-14-20(27(29)26(15-19)36-4)18-37-24-16-30-28(31-17-24)32-21-6-8-23(9-7-21)34-12-10-22(11-13-34)33(2)3/h6-9,14-17,22H,5,10-13,18H2,1-4H3,(H,30,31,32). The van der Waals surface area contributed by atoms with Gasteiger partial charge in [0.15, 0.2) is 23.1 Å². The number of hydrogen-bond donors (Lipinski definition) is 1. The van der Waals surface area contributed by atoms with Gasteiger partial charge in [-0.3, -0.25) is 4.79 Å². The maximum absolute atomic E-state index is 14.7. The maximum atomic E-state index is 14.7. The zero-order chi connectivity index (χ0) is 26.4. The van der Waals surface area contributed by atoms with Crippen LogP contribution in [0.1, 0.15) is 42.1 Å². The van der Waals surface area contributed by atoms with Crippen molar-refractivity contribution in [3.05, 3.63) is 65.7 Å². The molecule has 1 aliphatic rings. The molecule has 0 saturated carbocycles. The number of benzene rings is 2. The molecule has 3 aromatic rings. The smallest absolute Gasteiger partial charge is 0.227 e. The van der Waals surface area contributed by atoms with E-state index in [-0.39, 0.29) is 23.7 Å². The zero-order valence-corrected chi connectivity index (χ0v) is 21.8. The highest BCUT2D eigenvalue weighted by atomic mass is 19.1. The normalized spacial score (nSPS) is 14.1. The summed E-state index contributed by atoms with van der Waals surface area (Å²) in [5.74, 6) is 0.167. The predicted octanol–water partition coefficient (Wildman–Crippen LogP) is 5.07. The molecule has 4 rings (SSSR count). The number of piperidine rings is 1. The number of carbonyl (C=O) groups is 1. The minimum Gasteiger partial charge on any atom is -0.494 e. The Labute approximate surface area is 217 Å². The van der Waals surface area contributed by atoms with E-state index in [1.807, 2.05) is 12.1 Å². The van der Waals surface area contributed by atoms with E-state index < -0.39 is 5.82 Å². The van der Waals surface area contributed by atoms with Crippen molar-refractivity contribution in [1.82, 2.24) is 14.9 Å². The summed E-state index contributed by atoms with van der Waals surface area (Å²) in [6.07, 6.45) is 5.69. The molecule has 37 heavy (non-hydrogen) atoms. The van der Waals surface area contributed by atoms with Crippen LogP contribution >= 0.6 is 0 Å². The average molecular weight is 508 g/mol. The quantitative estimate of drug-likeness (QED) is 0.381. The molecule has 2 heterocycles. The molecular weight excluding hydrogens is 473 g/mol. The Morgan fingerprint density at radius 3 is 2.41 bits per heavy atom. The fourth-order valence-corrected chi connectivity index (χ4v) is 4.42. The number of nitrogens with one attached hydrogen (secondary N) is 1. The Balaban J connectivity index is 1.34. The van der Waals surface area contributed by atoms with E-state index in [9.17, 15) is 9.18 Å². The highest BCUT2D eigenvalue weighted by Crippen LogP contribution is 2.26. The van der Waals surface area contributed by atoms with Crippen LogP contribution in [0.4, 0.5) is 21.7 Å². The summed E-state index contributed by atoms with van der Waals surface area (Å²) in [5, 5.41) is 3.19. The van der Waals surface area contributed by atoms with Gasteiger partial charge >= 0.3 is 0 Å². The predicted molar refractivity (Wildman–Crippen MR) is 143 cm³/mol. The van der Waals surface area contributed by atoms with Crippen LogP contribution in [0.5, 0.6) is 11.5 Å². The number of halogens is 1. The molecule has 196 valence electrons. The Morgan fingerprint density at radius 2 is 1.81 bits per heavy atom. The monoisotopic (exact) mass is 507 g/mol. The van der Waals surface area contributed by atoms with Crippen molar-refractivity contribution in [1.29, 1.82) is 0 Å². The molecule has 0 bridgehead atoms. The van der Waals surface area contributed by atoms with Crippen molar-refractivity contribution < 1.29 is 18.7 Å². The number of anilines is 3. The summed E-state index contributed by atoms with van der Waals surface area (Å²) in [6, 6.07) is 11.8. The third-order valence-electron chi connectivity index (χ3n) is 6.68. The summed E-state index contributed by atoms with van der Waals surface area (Å²) in [6.45, 7) is 3.77. The topological polar surface area (TPSA) is 79.8 Å². The van der Waals surface area contributed by atoms with Gasteiger partial charge in [-0.15, -0.1) is 0 Å². The zero-order valence-electron chi connectivity index (χ0n) is 21.8. The number of ether oxygens (including phenoxy) is 2. The summed E-state index contributed by atoms with van der Waals surface area (Å²) >= 11 is 0. The highest BCUT2D eigenvalue weighted by Gasteiger charge is 2.20. The molecular formula is C28H34FN5O3. The van der Waals surface area contributed by atoms with Crippen molar-refractivity contribution in [3.63, 3.8) is 0 Å². The molecule has 2 aromatic carbocycles. The molecule has 1 aromatic heterocycles. The SMILES string of the molecule is CCC(=O)c1cc(COc2cnc(Nc3ccc(N4CCC(N(C)C)CC4)cc3)nc2)c(F)c(OC)c1. The number of Topliss-reactive ketones (excluding diaryl/α,β-unsaturated/α-hetero) is 1. The fraction of sp³-hybridized carbons (Fsp3) is 0.393. The van der Waals surface area contributed by atoms with Crippen LogP contribution in [-0.2, 0) is 6.61 Å². The van der Waals surface area contributed by atoms with Gasteiger partial charge in [0, 0.05) is 48.1 Å². The second kappa shape index (κ2) is 12.0. The van der Waals surface area contributed by atoms with Gasteiger partial charge in [0.1, 0.15) is 6.61 Å². The van der Waals surface area contributed by atoms with E-state index in [0.717, 1.165) is 31.6 Å². The average Bonchev–Trinajstić information content (AvgIpc) is 2.93. The van der Waals surface area contributed by atoms with Crippen LogP contribution in [0.15, 0.2) is 48.8 Å². The number of hydrogen-bond acceptors (Lipinski definition) is 8. The van der Waals surface area contributed by atoms with Crippen LogP contribution in [0, 0.1) is 5.82 Å². The first-order valence-electron chi connectivity index (χ1n) is 12.5. The molecule has 9 heteroatoms. The molecule has 1 fully saturated rings. The molecule has 0 amide bonds. The molecule has 0 unspecified atom stereocenters. The van der Waals surface area contributed by atoms with E-state index in [1.165, 1.54) is 37.3 Å². The van der Waals surface area contributed by atoms with Crippen molar-refractivity contribution in [2.75, 3.05) is 44.5 Å². The number of nitrogens with zero attached hydrogens (tertiary/aromatic N) is 4. The van der Waals surface area contributed by atoms with Crippen LogP contribution in [-0.4, -0.2) is 61.0 Å². The fourth-order valence-electron chi connectivity index (χ4n) is 4.42. The third-order valence-corrected chi connectivity index (χ3v) is 6.68. The van der Waals surface area contributed by atoms with E-state index in [1.54, 1.807) is 6.92 Å². The van der Waals surface area contributed by atoms with Crippen molar-refractivity contribution in [2.24, 2.45) is 0 Å². The lowest BCUT2D eigenvalue weighted by molar-refractivity contribution is 0.0987. The van der Waals surface area contributed by atoms with E-state index in [2.05, 4.69) is 51.3 Å². The summed E-state index contributed by atoms with van der Waals surface area (Å²) in [7, 11) is 5.66. The van der Waals surface area contributed by atoms with Gasteiger partial charge in [-0.1, -0.05) is 6.92 Å². The first-order valence-corrected chi connectivity index (χ1v) is 12.5. The number of ketones is 1. The maximum Gasteiger partial charge on any atom is 0.227 e. The van der Waals surface area contributed by atoms with Crippen LogP contribution in [0.25, 0.3) is 0 Å².